The number of nitrogens with two attached hydrogens (primary N) is 1. The molecule has 98 valence electrons. The van der Waals surface area contributed by atoms with E-state index in [9.17, 15) is 0 Å². The fraction of sp³-hybridized carbons (Fsp3) is 0. The third kappa shape index (κ3) is 3.50. The minimum atomic E-state index is -0.0846. The van der Waals surface area contributed by atoms with Gasteiger partial charge >= 0.3 is 0 Å². The summed E-state index contributed by atoms with van der Waals surface area (Å²) in [5.74, 6) is -0.0846. The number of rotatable bonds is 3. The smallest absolute Gasteiger partial charge is 0.190 e. The number of benzene rings is 1. The Kier molecular flexibility index (Phi) is 4.47. The molecule has 1 heterocycles. The summed E-state index contributed by atoms with van der Waals surface area (Å²) in [4.78, 5) is 9.06. The average Bonchev–Trinajstić information content (AvgIpc) is 2.43. The van der Waals surface area contributed by atoms with E-state index in [1.165, 1.54) is 24.2 Å². The van der Waals surface area contributed by atoms with Crippen LogP contribution < -0.4 is 5.73 Å². The van der Waals surface area contributed by atoms with Crippen molar-refractivity contribution in [2.75, 3.05) is 0 Å². The molecule has 0 aliphatic carbocycles. The third-order valence-electron chi connectivity index (χ3n) is 2.11. The van der Waals surface area contributed by atoms with Gasteiger partial charge in [-0.3, -0.25) is 0 Å². The second-order valence-electron chi connectivity index (χ2n) is 3.40. The zero-order valence-electron chi connectivity index (χ0n) is 9.42. The van der Waals surface area contributed by atoms with E-state index in [-0.39, 0.29) is 5.84 Å². The number of hydrogen-bond acceptors (Lipinski definition) is 5. The number of oxime groups is 1. The zero-order chi connectivity index (χ0) is 13.8. The lowest BCUT2D eigenvalue weighted by atomic mass is 10.4. The van der Waals surface area contributed by atoms with E-state index in [0.717, 1.165) is 4.90 Å². The Labute approximate surface area is 123 Å². The van der Waals surface area contributed by atoms with Crippen LogP contribution in [-0.4, -0.2) is 21.0 Å². The van der Waals surface area contributed by atoms with Gasteiger partial charge in [-0.1, -0.05) is 40.1 Å². The molecule has 2 aromatic rings. The summed E-state index contributed by atoms with van der Waals surface area (Å²) < 4.78 is 0. The molecule has 0 aliphatic heterocycles. The highest BCUT2D eigenvalue weighted by Crippen LogP contribution is 2.31. The second-order valence-corrected chi connectivity index (χ2v) is 5.31. The highest BCUT2D eigenvalue weighted by molar-refractivity contribution is 7.99. The van der Waals surface area contributed by atoms with Gasteiger partial charge < -0.3 is 10.9 Å². The lowest BCUT2D eigenvalue weighted by Crippen LogP contribution is -2.15. The number of halogens is 2. The van der Waals surface area contributed by atoms with Crippen molar-refractivity contribution in [2.45, 2.75) is 9.92 Å². The third-order valence-corrected chi connectivity index (χ3v) is 3.76. The van der Waals surface area contributed by atoms with Crippen molar-refractivity contribution in [3.8, 4) is 0 Å². The van der Waals surface area contributed by atoms with Crippen molar-refractivity contribution in [1.29, 1.82) is 0 Å². The summed E-state index contributed by atoms with van der Waals surface area (Å²) in [5, 5.41) is 13.0. The highest BCUT2D eigenvalue weighted by atomic mass is 35.5. The van der Waals surface area contributed by atoms with Crippen LogP contribution in [-0.2, 0) is 0 Å². The maximum absolute atomic E-state index is 8.51. The van der Waals surface area contributed by atoms with Crippen LogP contribution in [0.15, 0.2) is 45.7 Å². The van der Waals surface area contributed by atoms with Gasteiger partial charge in [0.25, 0.3) is 0 Å². The van der Waals surface area contributed by atoms with Gasteiger partial charge in [0.05, 0.1) is 22.4 Å². The average molecular weight is 315 g/mol. The van der Waals surface area contributed by atoms with E-state index in [0.29, 0.717) is 20.8 Å². The van der Waals surface area contributed by atoms with Crippen molar-refractivity contribution in [3.05, 3.63) is 46.3 Å². The summed E-state index contributed by atoms with van der Waals surface area (Å²) >= 11 is 13.1. The molecule has 3 N–H and O–H groups in total. The Balaban J connectivity index is 2.17. The molecule has 0 aliphatic rings. The minimum absolute atomic E-state index is 0.0846. The quantitative estimate of drug-likeness (QED) is 0.394. The zero-order valence-corrected chi connectivity index (χ0v) is 11.7. The van der Waals surface area contributed by atoms with E-state index in [2.05, 4.69) is 15.1 Å². The largest absolute Gasteiger partial charge is 0.409 e. The van der Waals surface area contributed by atoms with Crippen LogP contribution in [0.25, 0.3) is 0 Å². The molecule has 0 spiro atoms. The molecule has 0 amide bonds. The number of hydrogen-bond donors (Lipinski definition) is 2. The minimum Gasteiger partial charge on any atom is -0.409 e. The molecule has 19 heavy (non-hydrogen) atoms. The normalized spacial score (nSPS) is 11.6. The van der Waals surface area contributed by atoms with Crippen LogP contribution in [0.5, 0.6) is 0 Å². The van der Waals surface area contributed by atoms with Gasteiger partial charge in [-0.2, -0.15) is 0 Å². The fourth-order valence-corrected chi connectivity index (χ4v) is 2.34. The molecule has 0 radical (unpaired) electrons. The summed E-state index contributed by atoms with van der Waals surface area (Å²) in [6, 6.07) is 5.29. The molecule has 8 heteroatoms. The van der Waals surface area contributed by atoms with Crippen LogP contribution >= 0.6 is 35.0 Å². The van der Waals surface area contributed by atoms with Crippen molar-refractivity contribution >= 4 is 40.8 Å². The monoisotopic (exact) mass is 314 g/mol. The summed E-state index contributed by atoms with van der Waals surface area (Å²) in [6.07, 6.45) is 2.95. The molecule has 2 rings (SSSR count). The maximum atomic E-state index is 8.51. The van der Waals surface area contributed by atoms with Gasteiger partial charge in [0.15, 0.2) is 5.84 Å². The highest BCUT2D eigenvalue weighted by Gasteiger charge is 2.05. The van der Waals surface area contributed by atoms with Gasteiger partial charge in [-0.25, -0.2) is 9.97 Å². The number of aromatic nitrogens is 2. The van der Waals surface area contributed by atoms with E-state index >= 15 is 0 Å². The predicted octanol–water partition coefficient (Wildman–Crippen LogP) is 3.03. The molecule has 1 aromatic heterocycles. The lowest BCUT2D eigenvalue weighted by molar-refractivity contribution is 0.318. The molecule has 0 saturated heterocycles. The van der Waals surface area contributed by atoms with Crippen molar-refractivity contribution in [2.24, 2.45) is 10.9 Å². The molecule has 0 fully saturated rings. The second kappa shape index (κ2) is 6.10. The first kappa shape index (κ1) is 13.9. The van der Waals surface area contributed by atoms with E-state index in [1.54, 1.807) is 12.1 Å². The van der Waals surface area contributed by atoms with Gasteiger partial charge in [-0.05, 0) is 18.2 Å². The van der Waals surface area contributed by atoms with Crippen LogP contribution in [0, 0.1) is 0 Å². The van der Waals surface area contributed by atoms with Gasteiger partial charge in [0.2, 0.25) is 0 Å². The van der Waals surface area contributed by atoms with E-state index < -0.39 is 0 Å². The van der Waals surface area contributed by atoms with Gasteiger partial charge in [-0.15, -0.1) is 0 Å². The summed E-state index contributed by atoms with van der Waals surface area (Å²) in [7, 11) is 0. The van der Waals surface area contributed by atoms with Gasteiger partial charge in [0, 0.05) is 4.90 Å². The Morgan fingerprint density at radius 1 is 1.21 bits per heavy atom. The molecule has 0 unspecified atom stereocenters. The first-order valence-electron chi connectivity index (χ1n) is 5.03. The van der Waals surface area contributed by atoms with Crippen LogP contribution in [0.3, 0.4) is 0 Å². The predicted molar refractivity (Wildman–Crippen MR) is 75.1 cm³/mol. The first-order valence-corrected chi connectivity index (χ1v) is 6.60. The molecule has 0 bridgehead atoms. The molecule has 1 aromatic carbocycles. The standard InChI is InChI=1S/C11H8Cl2N4OS/c12-7-2-1-6(3-8(7)13)19-10-5-15-9(4-16-10)11(14)17-18/h1-5,18H,(H2,14,17). The summed E-state index contributed by atoms with van der Waals surface area (Å²) in [6.45, 7) is 0. The SMILES string of the molecule is NC(=NO)c1cnc(Sc2ccc(Cl)c(Cl)c2)cn1. The topological polar surface area (TPSA) is 84.4 Å². The van der Waals surface area contributed by atoms with Crippen molar-refractivity contribution in [3.63, 3.8) is 0 Å². The fourth-order valence-electron chi connectivity index (χ4n) is 1.21. The Morgan fingerprint density at radius 3 is 2.58 bits per heavy atom. The maximum Gasteiger partial charge on any atom is 0.190 e. The van der Waals surface area contributed by atoms with E-state index in [4.69, 9.17) is 34.1 Å². The number of nitrogens with zero attached hydrogens (tertiary/aromatic N) is 3. The molecule has 0 saturated carbocycles. The van der Waals surface area contributed by atoms with Crippen LogP contribution in [0.2, 0.25) is 10.0 Å². The van der Waals surface area contributed by atoms with Crippen LogP contribution in [0.1, 0.15) is 5.69 Å². The first-order chi connectivity index (χ1) is 9.10. The molecular weight excluding hydrogens is 307 g/mol. The Hall–Kier alpha value is -1.50. The van der Waals surface area contributed by atoms with Gasteiger partial charge in [0.1, 0.15) is 10.7 Å². The molecule has 5 nitrogen and oxygen atoms in total. The Morgan fingerprint density at radius 2 is 2.00 bits per heavy atom. The lowest BCUT2D eigenvalue weighted by Gasteiger charge is -2.03. The van der Waals surface area contributed by atoms with E-state index in [1.807, 2.05) is 6.07 Å². The summed E-state index contributed by atoms with van der Waals surface area (Å²) in [5.41, 5.74) is 5.70. The molecule has 0 atom stereocenters. The van der Waals surface area contributed by atoms with Crippen molar-refractivity contribution in [1.82, 2.24) is 9.97 Å². The van der Waals surface area contributed by atoms with Crippen molar-refractivity contribution < 1.29 is 5.21 Å². The molecular formula is C11H8Cl2N4OS. The number of amidine groups is 1. The Bertz CT molecular complexity index is 619. The van der Waals surface area contributed by atoms with Crippen LogP contribution in [0.4, 0.5) is 0 Å².